The minimum absolute atomic E-state index is 1.10. The second-order valence-corrected chi connectivity index (χ2v) is 14.6. The molecule has 262 valence electrons. The molecule has 0 unspecified atom stereocenters. The topological polar surface area (TPSA) is 8.17 Å². The highest BCUT2D eigenvalue weighted by Gasteiger charge is 2.19. The zero-order valence-corrected chi connectivity index (χ0v) is 30.7. The fourth-order valence-corrected chi connectivity index (χ4v) is 8.63. The number of anilines is 3. The van der Waals surface area contributed by atoms with Gasteiger partial charge in [0, 0.05) is 33.4 Å². The molecule has 0 atom stereocenters. The molecule has 2 nitrogen and oxygen atoms in total. The molecule has 2 heteroatoms. The molecule has 1 heterocycles. The van der Waals surface area contributed by atoms with E-state index in [9.17, 15) is 0 Å². The number of hydrogen-bond donors (Lipinski definition) is 0. The van der Waals surface area contributed by atoms with Crippen molar-refractivity contribution in [3.63, 3.8) is 0 Å². The molecule has 11 aromatic rings. The first-order chi connectivity index (χ1) is 27.8. The van der Waals surface area contributed by atoms with E-state index in [1.54, 1.807) is 0 Å². The van der Waals surface area contributed by atoms with Crippen LogP contribution in [0.4, 0.5) is 17.1 Å². The van der Waals surface area contributed by atoms with Crippen molar-refractivity contribution >= 4 is 71.2 Å². The molecule has 0 N–H and O–H groups in total. The molecule has 1 aromatic heterocycles. The number of rotatable bonds is 6. The molecule has 0 spiro atoms. The van der Waals surface area contributed by atoms with Gasteiger partial charge in [0.25, 0.3) is 0 Å². The summed E-state index contributed by atoms with van der Waals surface area (Å²) in [6.07, 6.45) is 0. The summed E-state index contributed by atoms with van der Waals surface area (Å²) in [5.74, 6) is 0. The maximum Gasteiger partial charge on any atom is 0.0547 e. The van der Waals surface area contributed by atoms with Gasteiger partial charge in [-0.2, -0.15) is 0 Å². The molecule has 0 radical (unpaired) electrons. The third-order valence-corrected chi connectivity index (χ3v) is 11.3. The van der Waals surface area contributed by atoms with Crippen molar-refractivity contribution in [1.29, 1.82) is 0 Å². The van der Waals surface area contributed by atoms with Crippen molar-refractivity contribution in [1.82, 2.24) is 4.57 Å². The maximum atomic E-state index is 2.41. The minimum Gasteiger partial charge on any atom is -0.310 e. The Morgan fingerprint density at radius 3 is 1.66 bits per heavy atom. The Hall–Kier alpha value is -7.42. The number of benzene rings is 10. The Bertz CT molecular complexity index is 3230. The van der Waals surface area contributed by atoms with Crippen molar-refractivity contribution in [2.45, 2.75) is 0 Å². The molecule has 0 aliphatic carbocycles. The second kappa shape index (κ2) is 13.2. The molecular formula is C54H36N2. The highest BCUT2D eigenvalue weighted by atomic mass is 15.1. The van der Waals surface area contributed by atoms with Crippen LogP contribution in [0.25, 0.3) is 82.1 Å². The van der Waals surface area contributed by atoms with Gasteiger partial charge in [-0.15, -0.1) is 0 Å². The Morgan fingerprint density at radius 1 is 0.304 bits per heavy atom. The van der Waals surface area contributed by atoms with Gasteiger partial charge in [-0.1, -0.05) is 158 Å². The fourth-order valence-electron chi connectivity index (χ4n) is 8.63. The van der Waals surface area contributed by atoms with E-state index >= 15 is 0 Å². The van der Waals surface area contributed by atoms with Crippen molar-refractivity contribution < 1.29 is 0 Å². The number of para-hydroxylation sites is 2. The third-order valence-electron chi connectivity index (χ3n) is 11.3. The van der Waals surface area contributed by atoms with E-state index in [1.165, 1.54) is 76.4 Å². The lowest BCUT2D eigenvalue weighted by atomic mass is 9.99. The number of hydrogen-bond acceptors (Lipinski definition) is 1. The summed E-state index contributed by atoms with van der Waals surface area (Å²) in [5.41, 5.74) is 11.7. The Kier molecular flexibility index (Phi) is 7.53. The van der Waals surface area contributed by atoms with E-state index in [0.717, 1.165) is 22.7 Å². The SMILES string of the molecule is c1ccc(-c2ccccc2N(c2ccc(-c3ccc(-n4c5ccccc5c5cc6ccccc6cc54)cc3)cc2)c2ccc3ccc4ccccc4c3c2)cc1. The van der Waals surface area contributed by atoms with Gasteiger partial charge < -0.3 is 9.47 Å². The minimum atomic E-state index is 1.10. The van der Waals surface area contributed by atoms with Crippen molar-refractivity contribution in [2.75, 3.05) is 4.90 Å². The summed E-state index contributed by atoms with van der Waals surface area (Å²) < 4.78 is 2.40. The summed E-state index contributed by atoms with van der Waals surface area (Å²) in [7, 11) is 0. The Morgan fingerprint density at radius 2 is 0.875 bits per heavy atom. The van der Waals surface area contributed by atoms with E-state index in [-0.39, 0.29) is 0 Å². The van der Waals surface area contributed by atoms with Gasteiger partial charge in [0.2, 0.25) is 0 Å². The highest BCUT2D eigenvalue weighted by molar-refractivity contribution is 6.14. The van der Waals surface area contributed by atoms with Gasteiger partial charge in [-0.25, -0.2) is 0 Å². The van der Waals surface area contributed by atoms with Crippen LogP contribution in [0.3, 0.4) is 0 Å². The summed E-state index contributed by atoms with van der Waals surface area (Å²) in [6, 6.07) is 79.5. The molecule has 11 rings (SSSR count). The van der Waals surface area contributed by atoms with Crippen LogP contribution < -0.4 is 4.90 Å². The molecule has 0 bridgehead atoms. The zero-order valence-electron chi connectivity index (χ0n) is 30.7. The first-order valence-corrected chi connectivity index (χ1v) is 19.3. The van der Waals surface area contributed by atoms with E-state index in [1.807, 2.05) is 0 Å². The van der Waals surface area contributed by atoms with E-state index < -0.39 is 0 Å². The highest BCUT2D eigenvalue weighted by Crippen LogP contribution is 2.43. The first kappa shape index (κ1) is 32.0. The number of nitrogens with zero attached hydrogens (tertiary/aromatic N) is 2. The molecule has 0 aliphatic heterocycles. The van der Waals surface area contributed by atoms with Crippen LogP contribution in [0.5, 0.6) is 0 Å². The Labute approximate surface area is 325 Å². The van der Waals surface area contributed by atoms with Crippen LogP contribution in [-0.2, 0) is 0 Å². The van der Waals surface area contributed by atoms with E-state index in [0.29, 0.717) is 0 Å². The summed E-state index contributed by atoms with van der Waals surface area (Å²) in [5, 5.41) is 10.0. The smallest absolute Gasteiger partial charge is 0.0547 e. The van der Waals surface area contributed by atoms with Crippen LogP contribution in [0.2, 0.25) is 0 Å². The number of fused-ring (bicyclic) bond motifs is 7. The third kappa shape index (κ3) is 5.34. The molecule has 0 aliphatic rings. The Balaban J connectivity index is 1.01. The normalized spacial score (nSPS) is 11.6. The molecule has 0 amide bonds. The quantitative estimate of drug-likeness (QED) is 0.156. The van der Waals surface area contributed by atoms with Crippen LogP contribution in [0.15, 0.2) is 218 Å². The lowest BCUT2D eigenvalue weighted by molar-refractivity contribution is 1.18. The monoisotopic (exact) mass is 712 g/mol. The largest absolute Gasteiger partial charge is 0.310 e. The van der Waals surface area contributed by atoms with Gasteiger partial charge in [0.1, 0.15) is 0 Å². The summed E-state index contributed by atoms with van der Waals surface area (Å²) >= 11 is 0. The molecule has 56 heavy (non-hydrogen) atoms. The van der Waals surface area contributed by atoms with Gasteiger partial charge >= 0.3 is 0 Å². The van der Waals surface area contributed by atoms with Crippen molar-refractivity contribution in [3.05, 3.63) is 218 Å². The molecule has 0 fully saturated rings. The van der Waals surface area contributed by atoms with Crippen LogP contribution in [0.1, 0.15) is 0 Å². The maximum absolute atomic E-state index is 2.41. The predicted octanol–water partition coefficient (Wildman–Crippen LogP) is 15.0. The lowest BCUT2D eigenvalue weighted by Gasteiger charge is -2.28. The fraction of sp³-hybridized carbons (Fsp3) is 0. The average molecular weight is 713 g/mol. The van der Waals surface area contributed by atoms with Crippen molar-refractivity contribution in [3.8, 4) is 27.9 Å². The van der Waals surface area contributed by atoms with Crippen LogP contribution in [-0.4, -0.2) is 4.57 Å². The van der Waals surface area contributed by atoms with Gasteiger partial charge in [0.05, 0.1) is 16.7 Å². The molecular weight excluding hydrogens is 677 g/mol. The molecule has 10 aromatic carbocycles. The van der Waals surface area contributed by atoms with Gasteiger partial charge in [-0.05, 0) is 110 Å². The molecule has 0 saturated carbocycles. The standard InChI is InChI=1S/C54H36N2/c1-2-12-39(13-3-1)48-18-8-10-20-52(48)55(46-33-28-41-23-22-40-14-6-7-17-47(40)50(41)36-46)44-29-24-37(25-30-44)38-26-31-45(32-27-38)56-53-21-11-9-19-49(53)51-34-42-15-4-5-16-43(42)35-54(51)56/h1-36H. The molecule has 0 saturated heterocycles. The van der Waals surface area contributed by atoms with Crippen LogP contribution in [0, 0.1) is 0 Å². The summed E-state index contributed by atoms with van der Waals surface area (Å²) in [4.78, 5) is 2.41. The van der Waals surface area contributed by atoms with Crippen LogP contribution >= 0.6 is 0 Å². The average Bonchev–Trinajstić information content (AvgIpc) is 3.59. The van der Waals surface area contributed by atoms with Gasteiger partial charge in [0.15, 0.2) is 0 Å². The van der Waals surface area contributed by atoms with E-state index in [4.69, 9.17) is 0 Å². The second-order valence-electron chi connectivity index (χ2n) is 14.6. The first-order valence-electron chi connectivity index (χ1n) is 19.3. The lowest BCUT2D eigenvalue weighted by Crippen LogP contribution is -2.11. The van der Waals surface area contributed by atoms with Gasteiger partial charge in [-0.3, -0.25) is 0 Å². The van der Waals surface area contributed by atoms with Crippen molar-refractivity contribution in [2.24, 2.45) is 0 Å². The number of aromatic nitrogens is 1. The predicted molar refractivity (Wildman–Crippen MR) is 239 cm³/mol. The van der Waals surface area contributed by atoms with E-state index in [2.05, 4.69) is 228 Å². The zero-order chi connectivity index (χ0) is 37.0. The summed E-state index contributed by atoms with van der Waals surface area (Å²) in [6.45, 7) is 0.